The molecule has 2 rings (SSSR count). The number of carboxylic acids is 1. The van der Waals surface area contributed by atoms with Gasteiger partial charge in [0.1, 0.15) is 11.5 Å². The average Bonchev–Trinajstić information content (AvgIpc) is 2.35. The molecule has 0 heterocycles. The summed E-state index contributed by atoms with van der Waals surface area (Å²) in [5, 5.41) is 11.0. The van der Waals surface area contributed by atoms with Gasteiger partial charge in [-0.15, -0.1) is 0 Å². The van der Waals surface area contributed by atoms with Gasteiger partial charge in [-0.25, -0.2) is 18.0 Å². The molecule has 20 heavy (non-hydrogen) atoms. The lowest BCUT2D eigenvalue weighted by atomic mass is 10.1. The minimum atomic E-state index is -1.47. The van der Waals surface area contributed by atoms with Crippen molar-refractivity contribution < 1.29 is 23.1 Å². The topological polar surface area (TPSA) is 49.3 Å². The van der Waals surface area contributed by atoms with Crippen molar-refractivity contribution in [2.24, 2.45) is 0 Å². The lowest BCUT2D eigenvalue weighted by Crippen LogP contribution is -2.04. The predicted molar refractivity (Wildman–Crippen MR) is 68.0 cm³/mol. The Hall–Kier alpha value is -2.21. The van der Waals surface area contributed by atoms with Crippen molar-refractivity contribution in [3.8, 4) is 0 Å². The van der Waals surface area contributed by atoms with Crippen LogP contribution in [0.5, 0.6) is 0 Å². The molecule has 0 saturated carbocycles. The van der Waals surface area contributed by atoms with Crippen LogP contribution in [0.4, 0.5) is 24.5 Å². The predicted octanol–water partition coefficient (Wildman–Crippen LogP) is 4.20. The molecule has 0 aromatic heterocycles. The second kappa shape index (κ2) is 5.42. The Morgan fingerprint density at radius 1 is 1.05 bits per heavy atom. The average molecular weight is 302 g/mol. The zero-order valence-electron chi connectivity index (χ0n) is 9.75. The monoisotopic (exact) mass is 301 g/mol. The number of hydrogen-bond donors (Lipinski definition) is 2. The van der Waals surface area contributed by atoms with Crippen molar-refractivity contribution in [3.63, 3.8) is 0 Å². The highest BCUT2D eigenvalue weighted by atomic mass is 35.5. The molecule has 0 aliphatic heterocycles. The van der Waals surface area contributed by atoms with Crippen molar-refractivity contribution in [3.05, 3.63) is 58.4 Å². The normalized spacial score (nSPS) is 10.4. The van der Waals surface area contributed by atoms with Crippen LogP contribution in [0.1, 0.15) is 10.4 Å². The van der Waals surface area contributed by atoms with Gasteiger partial charge in [0.2, 0.25) is 0 Å². The Morgan fingerprint density at radius 2 is 1.65 bits per heavy atom. The molecule has 0 unspecified atom stereocenters. The first kappa shape index (κ1) is 14.2. The summed E-state index contributed by atoms with van der Waals surface area (Å²) in [4.78, 5) is 10.6. The molecule has 0 spiro atoms. The summed E-state index contributed by atoms with van der Waals surface area (Å²) in [6, 6.07) is 4.81. The maximum Gasteiger partial charge on any atom is 0.335 e. The molecule has 0 fully saturated rings. The molecule has 0 bridgehead atoms. The van der Waals surface area contributed by atoms with Crippen LogP contribution < -0.4 is 5.32 Å². The van der Waals surface area contributed by atoms with Crippen molar-refractivity contribution in [2.75, 3.05) is 5.32 Å². The van der Waals surface area contributed by atoms with E-state index >= 15 is 0 Å². The van der Waals surface area contributed by atoms with Crippen LogP contribution in [0.15, 0.2) is 30.3 Å². The van der Waals surface area contributed by atoms with E-state index in [-0.39, 0.29) is 10.7 Å². The SMILES string of the molecule is O=C(O)c1cc(F)c(Nc2ccc(Cl)cc2F)c(F)c1. The van der Waals surface area contributed by atoms with Gasteiger partial charge >= 0.3 is 5.97 Å². The standard InChI is InChI=1S/C13H7ClF3NO2/c14-7-1-2-11(8(15)5-7)18-12-9(16)3-6(13(19)20)4-10(12)17/h1-5,18H,(H,19,20). The van der Waals surface area contributed by atoms with Crippen LogP contribution in [0, 0.1) is 17.5 Å². The first-order valence-corrected chi connectivity index (χ1v) is 5.70. The van der Waals surface area contributed by atoms with Crippen molar-refractivity contribution in [2.45, 2.75) is 0 Å². The van der Waals surface area contributed by atoms with Gasteiger partial charge in [-0.1, -0.05) is 11.6 Å². The van der Waals surface area contributed by atoms with E-state index in [2.05, 4.69) is 5.32 Å². The van der Waals surface area contributed by atoms with Crippen LogP contribution in [-0.2, 0) is 0 Å². The molecule has 0 saturated heterocycles. The van der Waals surface area contributed by atoms with Gasteiger partial charge in [0.25, 0.3) is 0 Å². The zero-order chi connectivity index (χ0) is 14.9. The van der Waals surface area contributed by atoms with Crippen molar-refractivity contribution in [1.29, 1.82) is 0 Å². The van der Waals surface area contributed by atoms with E-state index in [0.29, 0.717) is 12.1 Å². The highest BCUT2D eigenvalue weighted by molar-refractivity contribution is 6.30. The lowest BCUT2D eigenvalue weighted by molar-refractivity contribution is 0.0696. The van der Waals surface area contributed by atoms with E-state index in [1.165, 1.54) is 12.1 Å². The third kappa shape index (κ3) is 2.85. The highest BCUT2D eigenvalue weighted by Gasteiger charge is 2.16. The maximum atomic E-state index is 13.7. The van der Waals surface area contributed by atoms with E-state index in [1.54, 1.807) is 0 Å². The minimum absolute atomic E-state index is 0.134. The number of carboxylic acid groups (broad SMARTS) is 1. The first-order chi connectivity index (χ1) is 9.38. The zero-order valence-corrected chi connectivity index (χ0v) is 10.5. The van der Waals surface area contributed by atoms with Crippen LogP contribution in [0.3, 0.4) is 0 Å². The maximum absolute atomic E-state index is 13.7. The molecule has 0 amide bonds. The van der Waals surface area contributed by atoms with E-state index in [1.807, 2.05) is 0 Å². The molecule has 2 aromatic rings. The molecule has 0 radical (unpaired) electrons. The summed E-state index contributed by atoms with van der Waals surface area (Å²) in [7, 11) is 0. The van der Waals surface area contributed by atoms with E-state index < -0.39 is 34.7 Å². The summed E-state index contributed by atoms with van der Waals surface area (Å²) in [6.07, 6.45) is 0. The number of anilines is 2. The van der Waals surface area contributed by atoms with Gasteiger partial charge in [-0.3, -0.25) is 0 Å². The minimum Gasteiger partial charge on any atom is -0.478 e. The number of rotatable bonds is 3. The van der Waals surface area contributed by atoms with Crippen molar-refractivity contribution in [1.82, 2.24) is 0 Å². The van der Waals surface area contributed by atoms with E-state index in [0.717, 1.165) is 6.07 Å². The Bertz CT molecular complexity index is 668. The van der Waals surface area contributed by atoms with Crippen molar-refractivity contribution >= 4 is 28.9 Å². The third-order valence-corrected chi connectivity index (χ3v) is 2.71. The fraction of sp³-hybridized carbons (Fsp3) is 0. The Labute approximate surface area is 116 Å². The van der Waals surface area contributed by atoms with Crippen LogP contribution in [0.2, 0.25) is 5.02 Å². The summed E-state index contributed by atoms with van der Waals surface area (Å²) in [5.41, 5.74) is -1.37. The molecule has 2 N–H and O–H groups in total. The second-order valence-corrected chi connectivity index (χ2v) is 4.31. The smallest absolute Gasteiger partial charge is 0.335 e. The van der Waals surface area contributed by atoms with Crippen LogP contribution in [0.25, 0.3) is 0 Å². The molecular weight excluding hydrogens is 295 g/mol. The Balaban J connectivity index is 2.41. The number of benzene rings is 2. The Kier molecular flexibility index (Phi) is 3.85. The fourth-order valence-corrected chi connectivity index (χ4v) is 1.70. The highest BCUT2D eigenvalue weighted by Crippen LogP contribution is 2.27. The quantitative estimate of drug-likeness (QED) is 0.893. The molecule has 7 heteroatoms. The van der Waals surface area contributed by atoms with Gasteiger partial charge in [-0.2, -0.15) is 0 Å². The molecule has 0 atom stereocenters. The van der Waals surface area contributed by atoms with E-state index in [9.17, 15) is 18.0 Å². The second-order valence-electron chi connectivity index (χ2n) is 3.87. The largest absolute Gasteiger partial charge is 0.478 e. The summed E-state index contributed by atoms with van der Waals surface area (Å²) in [6.45, 7) is 0. The Morgan fingerprint density at radius 3 is 2.15 bits per heavy atom. The fourth-order valence-electron chi connectivity index (χ4n) is 1.54. The van der Waals surface area contributed by atoms with Gasteiger partial charge in [0.15, 0.2) is 11.6 Å². The van der Waals surface area contributed by atoms with Gasteiger partial charge in [-0.05, 0) is 30.3 Å². The van der Waals surface area contributed by atoms with Crippen LogP contribution in [-0.4, -0.2) is 11.1 Å². The molecule has 3 nitrogen and oxygen atoms in total. The molecule has 0 aliphatic rings. The van der Waals surface area contributed by atoms with Gasteiger partial charge < -0.3 is 10.4 Å². The molecule has 104 valence electrons. The molecule has 0 aliphatic carbocycles. The number of nitrogens with one attached hydrogen (secondary N) is 1. The summed E-state index contributed by atoms with van der Waals surface area (Å²) in [5.74, 6) is -4.54. The van der Waals surface area contributed by atoms with E-state index in [4.69, 9.17) is 16.7 Å². The number of carbonyl (C=O) groups is 1. The van der Waals surface area contributed by atoms with Gasteiger partial charge in [0.05, 0.1) is 11.3 Å². The number of hydrogen-bond acceptors (Lipinski definition) is 2. The third-order valence-electron chi connectivity index (χ3n) is 2.48. The van der Waals surface area contributed by atoms with Crippen LogP contribution >= 0.6 is 11.6 Å². The summed E-state index contributed by atoms with van der Waals surface area (Å²) >= 11 is 5.56. The number of aromatic carboxylic acids is 1. The van der Waals surface area contributed by atoms with Gasteiger partial charge in [0, 0.05) is 5.02 Å². The lowest BCUT2D eigenvalue weighted by Gasteiger charge is -2.10. The molecule has 2 aromatic carbocycles. The summed E-state index contributed by atoms with van der Waals surface area (Å²) < 4.78 is 40.8. The molecular formula is C13H7ClF3NO2. The number of halogens is 4. The first-order valence-electron chi connectivity index (χ1n) is 5.33.